The minimum atomic E-state index is -0.402. The Morgan fingerprint density at radius 3 is 2.00 bits per heavy atom. The van der Waals surface area contributed by atoms with Crippen LogP contribution in [0.5, 0.6) is 5.75 Å². The van der Waals surface area contributed by atoms with Crippen molar-refractivity contribution in [2.75, 3.05) is 13.1 Å². The van der Waals surface area contributed by atoms with Crippen LogP contribution < -0.4 is 16.0 Å². The second kappa shape index (κ2) is 9.81. The molecule has 0 aliphatic carbocycles. The van der Waals surface area contributed by atoms with Gasteiger partial charge in [0, 0.05) is 42.2 Å². The molecule has 2 atom stereocenters. The molecule has 0 saturated carbocycles. The number of carbonyl (C=O) groups excluding carboxylic acids is 3. The van der Waals surface area contributed by atoms with Crippen molar-refractivity contribution < 1.29 is 19.5 Å². The second-order valence-electron chi connectivity index (χ2n) is 7.60. The number of nitrogens with one attached hydrogen (secondary N) is 3. The van der Waals surface area contributed by atoms with Crippen molar-refractivity contribution in [1.29, 1.82) is 0 Å². The number of para-hydroxylation sites is 1. The molecule has 2 heterocycles. The van der Waals surface area contributed by atoms with E-state index in [2.05, 4.69) is 20.9 Å². The molecular formula is C24H21ClN4O4. The molecule has 1 aliphatic rings. The molecule has 8 nitrogen and oxygen atoms in total. The van der Waals surface area contributed by atoms with Crippen molar-refractivity contribution in [2.24, 2.45) is 0 Å². The largest absolute Gasteiger partial charge is 0.506 e. The maximum atomic E-state index is 12.7. The summed E-state index contributed by atoms with van der Waals surface area (Å²) < 4.78 is 0. The zero-order valence-corrected chi connectivity index (χ0v) is 18.2. The van der Waals surface area contributed by atoms with Crippen LogP contribution in [0.3, 0.4) is 0 Å². The average Bonchev–Trinajstić information content (AvgIpc) is 3.27. The van der Waals surface area contributed by atoms with Gasteiger partial charge in [0.1, 0.15) is 5.75 Å². The van der Waals surface area contributed by atoms with Crippen molar-refractivity contribution >= 4 is 29.2 Å². The number of aromatic hydroxyl groups is 1. The van der Waals surface area contributed by atoms with E-state index in [0.717, 1.165) is 0 Å². The second-order valence-corrected chi connectivity index (χ2v) is 8.00. The molecule has 2 aromatic carbocycles. The summed E-state index contributed by atoms with van der Waals surface area (Å²) in [5.41, 5.74) is 1.26. The van der Waals surface area contributed by atoms with Crippen LogP contribution in [-0.4, -0.2) is 52.9 Å². The number of ketones is 1. The maximum absolute atomic E-state index is 12.7. The number of rotatable bonds is 6. The highest BCUT2D eigenvalue weighted by Crippen LogP contribution is 2.28. The molecule has 4 N–H and O–H groups in total. The van der Waals surface area contributed by atoms with Crippen LogP contribution in [0, 0.1) is 0 Å². The lowest BCUT2D eigenvalue weighted by atomic mass is 10.0. The quantitative estimate of drug-likeness (QED) is 0.415. The summed E-state index contributed by atoms with van der Waals surface area (Å²) in [6, 6.07) is 13.3. The Bertz CT molecular complexity index is 1180. The van der Waals surface area contributed by atoms with Gasteiger partial charge in [-0.3, -0.25) is 19.4 Å². The van der Waals surface area contributed by atoms with Gasteiger partial charge in [0.2, 0.25) is 0 Å². The minimum Gasteiger partial charge on any atom is -0.506 e. The summed E-state index contributed by atoms with van der Waals surface area (Å²) in [6.07, 6.45) is 3.09. The van der Waals surface area contributed by atoms with Crippen molar-refractivity contribution in [1.82, 2.24) is 20.9 Å². The number of hydrogen-bond acceptors (Lipinski definition) is 6. The predicted octanol–water partition coefficient (Wildman–Crippen LogP) is 2.17. The lowest BCUT2D eigenvalue weighted by molar-refractivity contribution is 0.0896. The van der Waals surface area contributed by atoms with Crippen molar-refractivity contribution in [3.05, 3.63) is 94.3 Å². The smallest absolute Gasteiger partial charge is 0.251 e. The summed E-state index contributed by atoms with van der Waals surface area (Å²) in [4.78, 5) is 41.7. The van der Waals surface area contributed by atoms with Crippen LogP contribution >= 0.6 is 11.6 Å². The third-order valence-electron chi connectivity index (χ3n) is 5.43. The molecule has 168 valence electrons. The summed E-state index contributed by atoms with van der Waals surface area (Å²) >= 11 is 5.88. The van der Waals surface area contributed by atoms with Gasteiger partial charge in [0.15, 0.2) is 5.78 Å². The third-order valence-corrected chi connectivity index (χ3v) is 5.74. The zero-order valence-electron chi connectivity index (χ0n) is 17.4. The number of phenolic OH excluding ortho intramolecular Hbond substituents is 1. The molecule has 9 heteroatoms. The topological polar surface area (TPSA) is 120 Å². The van der Waals surface area contributed by atoms with E-state index < -0.39 is 5.78 Å². The molecule has 0 spiro atoms. The van der Waals surface area contributed by atoms with Crippen molar-refractivity contribution in [3.63, 3.8) is 0 Å². The standard InChI is InChI=1S/C24H21ClN4O4/c25-18-3-1-2-17(22(18)31)21(30)14-4-6-15(7-5-14)23(32)28-19-12-27-13-20(19)29-24(33)16-8-10-26-11-9-16/h1-11,19-20,27,31H,12-13H2,(H,28,32)(H,29,33)/t19-,20-/m1/s1. The highest BCUT2D eigenvalue weighted by molar-refractivity contribution is 6.33. The molecule has 1 saturated heterocycles. The molecule has 0 radical (unpaired) electrons. The molecule has 0 unspecified atom stereocenters. The highest BCUT2D eigenvalue weighted by atomic mass is 35.5. The van der Waals surface area contributed by atoms with E-state index in [1.54, 1.807) is 30.6 Å². The highest BCUT2D eigenvalue weighted by Gasteiger charge is 2.30. The monoisotopic (exact) mass is 464 g/mol. The minimum absolute atomic E-state index is 0.0875. The van der Waals surface area contributed by atoms with Crippen LogP contribution in [0.15, 0.2) is 67.0 Å². The van der Waals surface area contributed by atoms with E-state index in [1.807, 2.05) is 0 Å². The SMILES string of the molecule is O=C(N[C@@H]1CNC[C@H]1NC(=O)c1ccc(C(=O)c2cccc(Cl)c2O)cc1)c1ccncc1. The molecule has 3 aromatic rings. The Labute approximate surface area is 195 Å². The van der Waals surface area contributed by atoms with Gasteiger partial charge in [-0.25, -0.2) is 0 Å². The maximum Gasteiger partial charge on any atom is 0.251 e. The van der Waals surface area contributed by atoms with Gasteiger partial charge < -0.3 is 21.1 Å². The zero-order chi connectivity index (χ0) is 23.4. The lowest BCUT2D eigenvalue weighted by Crippen LogP contribution is -2.51. The number of pyridine rings is 1. The first kappa shape index (κ1) is 22.4. The van der Waals surface area contributed by atoms with E-state index in [4.69, 9.17) is 11.6 Å². The Kier molecular flexibility index (Phi) is 6.67. The first-order valence-electron chi connectivity index (χ1n) is 10.3. The van der Waals surface area contributed by atoms with Gasteiger partial charge in [-0.1, -0.05) is 29.8 Å². The van der Waals surface area contributed by atoms with Gasteiger partial charge in [-0.2, -0.15) is 0 Å². The van der Waals surface area contributed by atoms with Crippen LogP contribution in [0.2, 0.25) is 5.02 Å². The fourth-order valence-corrected chi connectivity index (χ4v) is 3.79. The Morgan fingerprint density at radius 2 is 1.39 bits per heavy atom. The summed E-state index contributed by atoms with van der Waals surface area (Å²) in [7, 11) is 0. The van der Waals surface area contributed by atoms with Crippen LogP contribution in [0.1, 0.15) is 36.6 Å². The fourth-order valence-electron chi connectivity index (χ4n) is 3.62. The number of benzene rings is 2. The van der Waals surface area contributed by atoms with Crippen molar-refractivity contribution in [3.8, 4) is 5.75 Å². The lowest BCUT2D eigenvalue weighted by Gasteiger charge is -2.21. The molecule has 4 rings (SSSR count). The van der Waals surface area contributed by atoms with E-state index in [-0.39, 0.29) is 40.2 Å². The van der Waals surface area contributed by atoms with E-state index in [9.17, 15) is 19.5 Å². The summed E-state index contributed by atoms with van der Waals surface area (Å²) in [5, 5.41) is 19.2. The van der Waals surface area contributed by atoms with Crippen molar-refractivity contribution in [2.45, 2.75) is 12.1 Å². The van der Waals surface area contributed by atoms with E-state index >= 15 is 0 Å². The number of nitrogens with zero attached hydrogens (tertiary/aromatic N) is 1. The number of hydrogen-bond donors (Lipinski definition) is 4. The van der Waals surface area contributed by atoms with Crippen LogP contribution in [-0.2, 0) is 0 Å². The Balaban J connectivity index is 1.40. The van der Waals surface area contributed by atoms with Gasteiger partial charge in [0.05, 0.1) is 22.7 Å². The average molecular weight is 465 g/mol. The van der Waals surface area contributed by atoms with E-state index in [1.165, 1.54) is 36.4 Å². The number of aromatic nitrogens is 1. The molecule has 0 bridgehead atoms. The number of halogens is 1. The third kappa shape index (κ3) is 5.02. The Morgan fingerprint density at radius 1 is 0.848 bits per heavy atom. The normalized spacial score (nSPS) is 17.4. The fraction of sp³-hybridized carbons (Fsp3) is 0.167. The molecule has 1 aliphatic heterocycles. The van der Waals surface area contributed by atoms with Gasteiger partial charge in [0.25, 0.3) is 11.8 Å². The molecular weight excluding hydrogens is 444 g/mol. The van der Waals surface area contributed by atoms with Crippen LogP contribution in [0.25, 0.3) is 0 Å². The molecule has 1 aromatic heterocycles. The first-order chi connectivity index (χ1) is 15.9. The number of amides is 2. The van der Waals surface area contributed by atoms with Gasteiger partial charge in [-0.05, 0) is 36.4 Å². The summed E-state index contributed by atoms with van der Waals surface area (Å²) in [6.45, 7) is 1.04. The predicted molar refractivity (Wildman–Crippen MR) is 123 cm³/mol. The number of carbonyl (C=O) groups is 3. The summed E-state index contributed by atoms with van der Waals surface area (Å²) in [5.74, 6) is -1.24. The molecule has 1 fully saturated rings. The molecule has 2 amide bonds. The van der Waals surface area contributed by atoms with E-state index in [0.29, 0.717) is 29.8 Å². The number of phenols is 1. The Hall–Kier alpha value is -3.75. The van der Waals surface area contributed by atoms with Crippen LogP contribution in [0.4, 0.5) is 0 Å². The first-order valence-corrected chi connectivity index (χ1v) is 10.7. The molecule has 33 heavy (non-hydrogen) atoms. The van der Waals surface area contributed by atoms with Gasteiger partial charge >= 0.3 is 0 Å². The van der Waals surface area contributed by atoms with Gasteiger partial charge in [-0.15, -0.1) is 0 Å².